The van der Waals surface area contributed by atoms with E-state index in [0.29, 0.717) is 29.8 Å². The predicted octanol–water partition coefficient (Wildman–Crippen LogP) is 1.38. The molecule has 1 saturated heterocycles. The third-order valence-corrected chi connectivity index (χ3v) is 5.99. The highest BCUT2D eigenvalue weighted by Gasteiger charge is 2.32. The lowest BCUT2D eigenvalue weighted by Crippen LogP contribution is -2.30. The van der Waals surface area contributed by atoms with Crippen LogP contribution in [0.2, 0.25) is 0 Å². The molecular weight excluding hydrogens is 358 g/mol. The van der Waals surface area contributed by atoms with Gasteiger partial charge in [0.15, 0.2) is 0 Å². The SMILES string of the molecule is CC(=O)Nc1ccc(S(=O)(=O)N2CCC(CN)C2)cc1Br. The van der Waals surface area contributed by atoms with Gasteiger partial charge in [0.25, 0.3) is 0 Å². The summed E-state index contributed by atoms with van der Waals surface area (Å²) in [5.41, 5.74) is 6.14. The average Bonchev–Trinajstić information content (AvgIpc) is 2.90. The largest absolute Gasteiger partial charge is 0.330 e. The number of hydrogen-bond acceptors (Lipinski definition) is 4. The van der Waals surface area contributed by atoms with Crippen LogP contribution in [0.5, 0.6) is 0 Å². The third-order valence-electron chi connectivity index (χ3n) is 3.47. The van der Waals surface area contributed by atoms with Crippen LogP contribution in [0, 0.1) is 5.92 Å². The Bertz CT molecular complexity index is 648. The summed E-state index contributed by atoms with van der Waals surface area (Å²) in [4.78, 5) is 11.3. The van der Waals surface area contributed by atoms with Crippen LogP contribution in [0.3, 0.4) is 0 Å². The zero-order chi connectivity index (χ0) is 15.6. The van der Waals surface area contributed by atoms with Gasteiger partial charge >= 0.3 is 0 Å². The number of rotatable bonds is 4. The van der Waals surface area contributed by atoms with Crippen molar-refractivity contribution in [1.29, 1.82) is 0 Å². The smallest absolute Gasteiger partial charge is 0.243 e. The highest BCUT2D eigenvalue weighted by Crippen LogP contribution is 2.29. The number of sulfonamides is 1. The lowest BCUT2D eigenvalue weighted by atomic mass is 10.1. The quantitative estimate of drug-likeness (QED) is 0.830. The Morgan fingerprint density at radius 2 is 2.24 bits per heavy atom. The van der Waals surface area contributed by atoms with Gasteiger partial charge in [-0.25, -0.2) is 8.42 Å². The summed E-state index contributed by atoms with van der Waals surface area (Å²) in [5, 5.41) is 2.63. The fourth-order valence-electron chi connectivity index (χ4n) is 2.30. The van der Waals surface area contributed by atoms with Crippen LogP contribution >= 0.6 is 15.9 Å². The van der Waals surface area contributed by atoms with Crippen LogP contribution in [-0.2, 0) is 14.8 Å². The third kappa shape index (κ3) is 3.63. The topological polar surface area (TPSA) is 92.5 Å². The number of nitrogens with two attached hydrogens (primary N) is 1. The summed E-state index contributed by atoms with van der Waals surface area (Å²) in [6.45, 7) is 2.85. The molecule has 21 heavy (non-hydrogen) atoms. The minimum absolute atomic E-state index is 0.209. The van der Waals surface area contributed by atoms with Crippen molar-refractivity contribution in [3.8, 4) is 0 Å². The number of halogens is 1. The normalized spacial score (nSPS) is 19.7. The monoisotopic (exact) mass is 375 g/mol. The van der Waals surface area contributed by atoms with Crippen LogP contribution in [0.1, 0.15) is 13.3 Å². The summed E-state index contributed by atoms with van der Waals surface area (Å²) in [6.07, 6.45) is 0.793. The Labute approximate surface area is 132 Å². The van der Waals surface area contributed by atoms with E-state index in [4.69, 9.17) is 5.73 Å². The van der Waals surface area contributed by atoms with Gasteiger partial charge in [-0.3, -0.25) is 4.79 Å². The van der Waals surface area contributed by atoms with E-state index in [1.807, 2.05) is 0 Å². The van der Waals surface area contributed by atoms with Gasteiger partial charge in [0.1, 0.15) is 0 Å². The molecule has 0 aliphatic carbocycles. The predicted molar refractivity (Wildman–Crippen MR) is 84.4 cm³/mol. The minimum atomic E-state index is -3.51. The van der Waals surface area contributed by atoms with Gasteiger partial charge < -0.3 is 11.1 Å². The Morgan fingerprint density at radius 1 is 1.52 bits per heavy atom. The van der Waals surface area contributed by atoms with Gasteiger partial charge in [-0.05, 0) is 53.0 Å². The number of nitrogens with one attached hydrogen (secondary N) is 1. The molecule has 8 heteroatoms. The maximum absolute atomic E-state index is 12.6. The van der Waals surface area contributed by atoms with Crippen molar-refractivity contribution in [2.75, 3.05) is 25.0 Å². The molecule has 0 spiro atoms. The first kappa shape index (κ1) is 16.4. The van der Waals surface area contributed by atoms with E-state index in [1.165, 1.54) is 23.4 Å². The van der Waals surface area contributed by atoms with E-state index < -0.39 is 10.0 Å². The van der Waals surface area contributed by atoms with Crippen LogP contribution in [-0.4, -0.2) is 38.3 Å². The summed E-state index contributed by atoms with van der Waals surface area (Å²) >= 11 is 3.28. The molecule has 1 fully saturated rings. The number of nitrogens with zero attached hydrogens (tertiary/aromatic N) is 1. The van der Waals surface area contributed by atoms with Crippen molar-refractivity contribution < 1.29 is 13.2 Å². The average molecular weight is 376 g/mol. The maximum atomic E-state index is 12.6. The molecule has 0 saturated carbocycles. The second kappa shape index (κ2) is 6.43. The van der Waals surface area contributed by atoms with E-state index in [0.717, 1.165) is 6.42 Å². The lowest BCUT2D eigenvalue weighted by molar-refractivity contribution is -0.114. The fraction of sp³-hybridized carbons (Fsp3) is 0.462. The summed E-state index contributed by atoms with van der Waals surface area (Å²) in [5.74, 6) is 0.0125. The lowest BCUT2D eigenvalue weighted by Gasteiger charge is -2.17. The number of hydrogen-bond donors (Lipinski definition) is 2. The van der Waals surface area contributed by atoms with Crippen LogP contribution < -0.4 is 11.1 Å². The first-order valence-corrected chi connectivity index (χ1v) is 8.85. The Balaban J connectivity index is 2.25. The molecule has 1 heterocycles. The summed E-state index contributed by atoms with van der Waals surface area (Å²) in [7, 11) is -3.51. The molecule has 1 aromatic carbocycles. The van der Waals surface area contributed by atoms with Gasteiger partial charge in [-0.2, -0.15) is 4.31 Å². The highest BCUT2D eigenvalue weighted by molar-refractivity contribution is 9.10. The molecule has 1 atom stereocenters. The van der Waals surface area contributed by atoms with Crippen molar-refractivity contribution >= 4 is 37.5 Å². The number of anilines is 1. The van der Waals surface area contributed by atoms with Crippen molar-refractivity contribution in [2.45, 2.75) is 18.2 Å². The van der Waals surface area contributed by atoms with Crippen molar-refractivity contribution in [1.82, 2.24) is 4.31 Å². The molecule has 6 nitrogen and oxygen atoms in total. The van der Waals surface area contributed by atoms with E-state index in [9.17, 15) is 13.2 Å². The first-order chi connectivity index (χ1) is 9.84. The molecule has 0 aromatic heterocycles. The maximum Gasteiger partial charge on any atom is 0.243 e. The summed E-state index contributed by atoms with van der Waals surface area (Å²) < 4.78 is 27.1. The molecule has 116 valence electrons. The van der Waals surface area contributed by atoms with E-state index in [-0.39, 0.29) is 16.7 Å². The number of amides is 1. The second-order valence-electron chi connectivity index (χ2n) is 5.08. The van der Waals surface area contributed by atoms with E-state index >= 15 is 0 Å². The number of benzene rings is 1. The molecular formula is C13H18BrN3O3S. The van der Waals surface area contributed by atoms with Crippen LogP contribution in [0.25, 0.3) is 0 Å². The highest BCUT2D eigenvalue weighted by atomic mass is 79.9. The van der Waals surface area contributed by atoms with Gasteiger partial charge in [0.05, 0.1) is 10.6 Å². The fourth-order valence-corrected chi connectivity index (χ4v) is 4.49. The number of carbonyl (C=O) groups is 1. The molecule has 1 unspecified atom stereocenters. The van der Waals surface area contributed by atoms with Gasteiger partial charge in [-0.1, -0.05) is 0 Å². The Kier molecular flexibility index (Phi) is 5.03. The molecule has 1 aliphatic rings. The standard InChI is InChI=1S/C13H18BrN3O3S/c1-9(18)16-13-3-2-11(6-12(13)14)21(19,20)17-5-4-10(7-15)8-17/h2-3,6,10H,4-5,7-8,15H2,1H3,(H,16,18). The molecule has 3 N–H and O–H groups in total. The Hall–Kier alpha value is -0.960. The molecule has 2 rings (SSSR count). The molecule has 0 bridgehead atoms. The summed E-state index contributed by atoms with van der Waals surface area (Å²) in [6, 6.07) is 4.59. The molecule has 0 radical (unpaired) electrons. The van der Waals surface area contributed by atoms with Gasteiger partial charge in [0, 0.05) is 24.5 Å². The Morgan fingerprint density at radius 3 is 2.76 bits per heavy atom. The molecule has 1 aromatic rings. The van der Waals surface area contributed by atoms with Crippen LogP contribution in [0.15, 0.2) is 27.6 Å². The van der Waals surface area contributed by atoms with Crippen molar-refractivity contribution in [2.24, 2.45) is 11.7 Å². The number of carbonyl (C=O) groups excluding carboxylic acids is 1. The zero-order valence-corrected chi connectivity index (χ0v) is 14.1. The van der Waals surface area contributed by atoms with Gasteiger partial charge in [0.2, 0.25) is 15.9 Å². The van der Waals surface area contributed by atoms with Crippen molar-refractivity contribution in [3.63, 3.8) is 0 Å². The van der Waals surface area contributed by atoms with Gasteiger partial charge in [-0.15, -0.1) is 0 Å². The molecule has 1 amide bonds. The van der Waals surface area contributed by atoms with E-state index in [2.05, 4.69) is 21.2 Å². The van der Waals surface area contributed by atoms with Crippen molar-refractivity contribution in [3.05, 3.63) is 22.7 Å². The second-order valence-corrected chi connectivity index (χ2v) is 7.87. The first-order valence-electron chi connectivity index (χ1n) is 6.62. The minimum Gasteiger partial charge on any atom is -0.330 e. The zero-order valence-electron chi connectivity index (χ0n) is 11.7. The molecule has 1 aliphatic heterocycles. The van der Waals surface area contributed by atoms with E-state index in [1.54, 1.807) is 6.07 Å². The van der Waals surface area contributed by atoms with Crippen LogP contribution in [0.4, 0.5) is 5.69 Å².